The van der Waals surface area contributed by atoms with Crippen molar-refractivity contribution >= 4 is 39.5 Å². The molecule has 3 N–H and O–H groups in total. The number of esters is 4. The highest BCUT2D eigenvalue weighted by atomic mass is 31.2. The molecule has 0 rings (SSSR count). The van der Waals surface area contributed by atoms with E-state index in [1.807, 2.05) is 0 Å². The van der Waals surface area contributed by atoms with Crippen LogP contribution in [-0.2, 0) is 65.4 Å². The van der Waals surface area contributed by atoms with Crippen LogP contribution in [0.3, 0.4) is 0 Å². The molecule has 5 atom stereocenters. The molecule has 0 radical (unpaired) electrons. The van der Waals surface area contributed by atoms with Crippen molar-refractivity contribution < 1.29 is 80.2 Å². The van der Waals surface area contributed by atoms with Gasteiger partial charge in [0.25, 0.3) is 0 Å². The summed E-state index contributed by atoms with van der Waals surface area (Å²) in [6.45, 7) is 9.45. The summed E-state index contributed by atoms with van der Waals surface area (Å²) in [4.78, 5) is 72.6. The Hall–Kier alpha value is -1.94. The maximum atomic E-state index is 13.0. The number of carbonyl (C=O) groups is 4. The van der Waals surface area contributed by atoms with Gasteiger partial charge in [-0.1, -0.05) is 330 Å². The molecule has 0 bridgehead atoms. The minimum Gasteiger partial charge on any atom is -0.462 e. The van der Waals surface area contributed by atoms with Crippen LogP contribution >= 0.6 is 15.6 Å². The molecule has 0 heterocycles. The fraction of sp³-hybridized carbons (Fsp3) is 0.946. The van der Waals surface area contributed by atoms with Gasteiger partial charge in [0.1, 0.15) is 19.3 Å². The average molecular weight is 1370 g/mol. The molecule has 0 amide bonds. The maximum absolute atomic E-state index is 13.0. The summed E-state index contributed by atoms with van der Waals surface area (Å²) in [5.41, 5.74) is 0. The van der Waals surface area contributed by atoms with Crippen LogP contribution in [0.5, 0.6) is 0 Å². The Bertz CT molecular complexity index is 1800. The van der Waals surface area contributed by atoms with Crippen LogP contribution in [0.15, 0.2) is 0 Å². The number of phosphoric acid groups is 2. The third kappa shape index (κ3) is 68.4. The zero-order valence-corrected chi connectivity index (χ0v) is 62.3. The topological polar surface area (TPSA) is 237 Å². The molecule has 93 heavy (non-hydrogen) atoms. The van der Waals surface area contributed by atoms with Crippen LogP contribution in [0.2, 0.25) is 0 Å². The molecule has 0 aliphatic carbocycles. The summed E-state index contributed by atoms with van der Waals surface area (Å²) >= 11 is 0. The normalized spacial score (nSPS) is 14.1. The van der Waals surface area contributed by atoms with Crippen molar-refractivity contribution in [1.29, 1.82) is 0 Å². The van der Waals surface area contributed by atoms with Crippen LogP contribution in [0.1, 0.15) is 382 Å². The number of unbranched alkanes of at least 4 members (excludes halogenated alkanes) is 43. The number of rotatable bonds is 73. The van der Waals surface area contributed by atoms with Crippen molar-refractivity contribution in [3.63, 3.8) is 0 Å². The second kappa shape index (κ2) is 66.0. The van der Waals surface area contributed by atoms with Crippen LogP contribution in [-0.4, -0.2) is 96.7 Å². The van der Waals surface area contributed by atoms with E-state index in [-0.39, 0.29) is 25.7 Å². The molecular weight excluding hydrogens is 1220 g/mol. The molecule has 0 aliphatic rings. The highest BCUT2D eigenvalue weighted by Gasteiger charge is 2.30. The Labute approximate surface area is 568 Å². The van der Waals surface area contributed by atoms with E-state index in [4.69, 9.17) is 37.0 Å². The highest BCUT2D eigenvalue weighted by Crippen LogP contribution is 2.45. The summed E-state index contributed by atoms with van der Waals surface area (Å²) in [7, 11) is -9.90. The number of aliphatic hydroxyl groups excluding tert-OH is 1. The number of ether oxygens (including phenoxy) is 4. The van der Waals surface area contributed by atoms with Crippen LogP contribution in [0.4, 0.5) is 0 Å². The molecule has 0 aromatic rings. The molecule has 0 aliphatic heterocycles. The molecular formula is C74H144O17P2. The Balaban J connectivity index is 5.14. The Morgan fingerprint density at radius 3 is 0.731 bits per heavy atom. The van der Waals surface area contributed by atoms with Gasteiger partial charge in [0, 0.05) is 25.7 Å². The summed E-state index contributed by atoms with van der Waals surface area (Å²) in [5.74, 6) is -0.718. The van der Waals surface area contributed by atoms with Crippen molar-refractivity contribution in [2.75, 3.05) is 39.6 Å². The van der Waals surface area contributed by atoms with Gasteiger partial charge in [-0.25, -0.2) is 9.13 Å². The molecule has 0 aromatic carbocycles. The van der Waals surface area contributed by atoms with Crippen molar-refractivity contribution in [3.05, 3.63) is 0 Å². The van der Waals surface area contributed by atoms with Gasteiger partial charge in [0.15, 0.2) is 12.2 Å². The van der Waals surface area contributed by atoms with E-state index >= 15 is 0 Å². The zero-order valence-electron chi connectivity index (χ0n) is 60.6. The summed E-state index contributed by atoms with van der Waals surface area (Å²) in [6.07, 6.45) is 53.1. The molecule has 19 heteroatoms. The Morgan fingerprint density at radius 1 is 0.290 bits per heavy atom. The molecule has 0 aromatic heterocycles. The zero-order chi connectivity index (χ0) is 68.6. The van der Waals surface area contributed by atoms with Gasteiger partial charge in [-0.3, -0.25) is 37.3 Å². The average Bonchev–Trinajstić information content (AvgIpc) is 2.56. The molecule has 17 nitrogen and oxygen atoms in total. The molecule has 0 fully saturated rings. The molecule has 2 unspecified atom stereocenters. The lowest BCUT2D eigenvalue weighted by molar-refractivity contribution is -0.161. The van der Waals surface area contributed by atoms with E-state index in [9.17, 15) is 43.2 Å². The van der Waals surface area contributed by atoms with E-state index in [0.29, 0.717) is 31.6 Å². The van der Waals surface area contributed by atoms with Gasteiger partial charge in [0.2, 0.25) is 0 Å². The molecule has 552 valence electrons. The number of hydrogen-bond donors (Lipinski definition) is 3. The first kappa shape index (κ1) is 91.1. The third-order valence-electron chi connectivity index (χ3n) is 17.2. The standard InChI is InChI=1S/C74H144O17P2/c1-7-9-11-13-15-17-19-20-21-22-23-24-25-26-27-28-29-31-33-39-47-53-59-74(79)90-69(62-84-71(76)56-50-44-37-35-34-36-42-48-54-66(3)4)64-88-92(80,81)86-60-68(75)61-87-93(82,83)89-65-70(63-85-72(77)57-51-45-41-40-43-49-55-67(5)6)91-73(78)58-52-46-38-32-30-18-16-14-12-10-8-2/h66-70,75H,7-65H2,1-6H3,(H,80,81)(H,82,83)/t68-,69-,70-/m1/s1. The van der Waals surface area contributed by atoms with Crippen molar-refractivity contribution in [2.45, 2.75) is 400 Å². The largest absolute Gasteiger partial charge is 0.472 e. The summed E-state index contributed by atoms with van der Waals surface area (Å²) in [6, 6.07) is 0. The lowest BCUT2D eigenvalue weighted by Gasteiger charge is -2.21. The first-order chi connectivity index (χ1) is 44.9. The fourth-order valence-electron chi connectivity index (χ4n) is 11.3. The molecule has 0 saturated heterocycles. The van der Waals surface area contributed by atoms with Gasteiger partial charge >= 0.3 is 39.5 Å². The molecule has 0 saturated carbocycles. The monoisotopic (exact) mass is 1370 g/mol. The second-order valence-corrected chi connectivity index (χ2v) is 30.5. The highest BCUT2D eigenvalue weighted by molar-refractivity contribution is 7.47. The van der Waals surface area contributed by atoms with Gasteiger partial charge in [-0.05, 0) is 37.5 Å². The third-order valence-corrected chi connectivity index (χ3v) is 19.1. The second-order valence-electron chi connectivity index (χ2n) is 27.6. The Kier molecular flexibility index (Phi) is 64.6. The van der Waals surface area contributed by atoms with Crippen LogP contribution in [0, 0.1) is 11.8 Å². The predicted octanol–water partition coefficient (Wildman–Crippen LogP) is 21.6. The van der Waals surface area contributed by atoms with Crippen LogP contribution in [0.25, 0.3) is 0 Å². The van der Waals surface area contributed by atoms with Gasteiger partial charge in [0.05, 0.1) is 26.4 Å². The number of hydrogen-bond acceptors (Lipinski definition) is 15. The van der Waals surface area contributed by atoms with Crippen molar-refractivity contribution in [3.8, 4) is 0 Å². The maximum Gasteiger partial charge on any atom is 0.472 e. The first-order valence-electron chi connectivity index (χ1n) is 38.5. The lowest BCUT2D eigenvalue weighted by atomic mass is 10.0. The van der Waals surface area contributed by atoms with Gasteiger partial charge in [-0.15, -0.1) is 0 Å². The van der Waals surface area contributed by atoms with Gasteiger partial charge < -0.3 is 33.8 Å². The van der Waals surface area contributed by atoms with Crippen LogP contribution < -0.4 is 0 Å². The molecule has 0 spiro atoms. The number of phosphoric ester groups is 2. The van der Waals surface area contributed by atoms with E-state index < -0.39 is 97.5 Å². The SMILES string of the molecule is CCCCCCCCCCCCCCCCCCCCCCCCC(=O)O[C@H](COC(=O)CCCCCCCCCCC(C)C)COP(=O)(O)OC[C@@H](O)COP(=O)(O)OC[C@@H](COC(=O)CCCCCCCCC(C)C)OC(=O)CCCCCCCCCCCCC. The van der Waals surface area contributed by atoms with E-state index in [1.54, 1.807) is 0 Å². The smallest absolute Gasteiger partial charge is 0.462 e. The van der Waals surface area contributed by atoms with E-state index in [1.165, 1.54) is 193 Å². The minimum atomic E-state index is -4.95. The fourth-order valence-corrected chi connectivity index (χ4v) is 12.9. The number of carbonyl (C=O) groups excluding carboxylic acids is 4. The van der Waals surface area contributed by atoms with E-state index in [2.05, 4.69) is 41.5 Å². The summed E-state index contributed by atoms with van der Waals surface area (Å²) < 4.78 is 68.3. The van der Waals surface area contributed by atoms with Crippen molar-refractivity contribution in [1.82, 2.24) is 0 Å². The minimum absolute atomic E-state index is 0.106. The first-order valence-corrected chi connectivity index (χ1v) is 41.5. The lowest BCUT2D eigenvalue weighted by Crippen LogP contribution is -2.30. The van der Waals surface area contributed by atoms with E-state index in [0.717, 1.165) is 102 Å². The van der Waals surface area contributed by atoms with Crippen molar-refractivity contribution in [2.24, 2.45) is 11.8 Å². The Morgan fingerprint density at radius 2 is 0.495 bits per heavy atom. The summed E-state index contributed by atoms with van der Waals surface area (Å²) in [5, 5.41) is 10.6. The van der Waals surface area contributed by atoms with Gasteiger partial charge in [-0.2, -0.15) is 0 Å². The number of aliphatic hydroxyl groups is 1. The quantitative estimate of drug-likeness (QED) is 0.0222. The predicted molar refractivity (Wildman–Crippen MR) is 377 cm³/mol.